The molecule has 1 aromatic carbocycles. The van der Waals surface area contributed by atoms with Gasteiger partial charge in [0.05, 0.1) is 6.42 Å². The first-order chi connectivity index (χ1) is 9.49. The van der Waals surface area contributed by atoms with Gasteiger partial charge in [-0.1, -0.05) is 6.07 Å². The molecule has 1 atom stereocenters. The number of hydrogen-bond acceptors (Lipinski definition) is 2. The normalized spacial score (nSPS) is 18.9. The third-order valence-corrected chi connectivity index (χ3v) is 3.73. The highest BCUT2D eigenvalue weighted by Crippen LogP contribution is 2.23. The zero-order valence-corrected chi connectivity index (χ0v) is 11.4. The van der Waals surface area contributed by atoms with Gasteiger partial charge in [-0.05, 0) is 43.9 Å². The highest BCUT2D eigenvalue weighted by atomic mass is 19.1. The summed E-state index contributed by atoms with van der Waals surface area (Å²) in [5, 5.41) is 8.94. The van der Waals surface area contributed by atoms with Gasteiger partial charge in [0.25, 0.3) is 5.91 Å². The van der Waals surface area contributed by atoms with Crippen molar-refractivity contribution in [2.45, 2.75) is 38.6 Å². The second-order valence-electron chi connectivity index (χ2n) is 5.21. The number of nitrogens with zero attached hydrogens (tertiary/aromatic N) is 1. The Hall–Kier alpha value is -1.91. The summed E-state index contributed by atoms with van der Waals surface area (Å²) in [5.41, 5.74) is 1.03. The van der Waals surface area contributed by atoms with E-state index in [2.05, 4.69) is 0 Å². The maximum absolute atomic E-state index is 13.3. The highest BCUT2D eigenvalue weighted by Gasteiger charge is 2.29. The van der Waals surface area contributed by atoms with E-state index < -0.39 is 11.8 Å². The smallest absolute Gasteiger partial charge is 0.305 e. The number of piperidine rings is 1. The van der Waals surface area contributed by atoms with E-state index in [1.807, 2.05) is 0 Å². The van der Waals surface area contributed by atoms with E-state index in [1.54, 1.807) is 17.9 Å². The topological polar surface area (TPSA) is 57.6 Å². The number of aliphatic carboxylic acids is 1. The first-order valence-electron chi connectivity index (χ1n) is 6.78. The maximum Gasteiger partial charge on any atom is 0.305 e. The van der Waals surface area contributed by atoms with Crippen molar-refractivity contribution in [1.29, 1.82) is 0 Å². The molecule has 1 aromatic rings. The lowest BCUT2D eigenvalue weighted by molar-refractivity contribution is -0.138. The van der Waals surface area contributed by atoms with Crippen LogP contribution in [-0.4, -0.2) is 34.5 Å². The lowest BCUT2D eigenvalue weighted by Gasteiger charge is -2.35. The molecule has 0 saturated carbocycles. The van der Waals surface area contributed by atoms with Gasteiger partial charge in [-0.2, -0.15) is 0 Å². The van der Waals surface area contributed by atoms with E-state index >= 15 is 0 Å². The third kappa shape index (κ3) is 3.15. The SMILES string of the molecule is Cc1ccc(F)cc1C(=O)N1CCCCC1CC(=O)O. The fourth-order valence-corrected chi connectivity index (χ4v) is 2.66. The van der Waals surface area contributed by atoms with Crippen LogP contribution in [0.2, 0.25) is 0 Å². The summed E-state index contributed by atoms with van der Waals surface area (Å²) in [5.74, 6) is -1.63. The van der Waals surface area contributed by atoms with E-state index in [0.717, 1.165) is 12.8 Å². The predicted molar refractivity (Wildman–Crippen MR) is 72.1 cm³/mol. The van der Waals surface area contributed by atoms with E-state index in [9.17, 15) is 14.0 Å². The number of carbonyl (C=O) groups excluding carboxylic acids is 1. The molecule has 1 heterocycles. The third-order valence-electron chi connectivity index (χ3n) is 3.73. The van der Waals surface area contributed by atoms with Crippen LogP contribution < -0.4 is 0 Å². The number of carboxylic acid groups (broad SMARTS) is 1. The molecule has 1 saturated heterocycles. The van der Waals surface area contributed by atoms with Gasteiger partial charge in [0.1, 0.15) is 5.82 Å². The van der Waals surface area contributed by atoms with Gasteiger partial charge >= 0.3 is 5.97 Å². The van der Waals surface area contributed by atoms with Gasteiger partial charge in [-0.15, -0.1) is 0 Å². The van der Waals surface area contributed by atoms with Crippen molar-refractivity contribution >= 4 is 11.9 Å². The standard InChI is InChI=1S/C15H18FNO3/c1-10-5-6-11(16)8-13(10)15(20)17-7-3-2-4-12(17)9-14(18)19/h5-6,8,12H,2-4,7,9H2,1H3,(H,18,19). The molecule has 4 nitrogen and oxygen atoms in total. The lowest BCUT2D eigenvalue weighted by atomic mass is 9.97. The van der Waals surface area contributed by atoms with Crippen molar-refractivity contribution in [2.75, 3.05) is 6.54 Å². The summed E-state index contributed by atoms with van der Waals surface area (Å²) in [6, 6.07) is 3.82. The Morgan fingerprint density at radius 1 is 1.40 bits per heavy atom. The Balaban J connectivity index is 2.25. The van der Waals surface area contributed by atoms with Gasteiger partial charge in [0.15, 0.2) is 0 Å². The van der Waals surface area contributed by atoms with Crippen LogP contribution in [0.1, 0.15) is 41.6 Å². The van der Waals surface area contributed by atoms with Crippen molar-refractivity contribution in [1.82, 2.24) is 4.90 Å². The Labute approximate surface area is 117 Å². The van der Waals surface area contributed by atoms with Crippen molar-refractivity contribution in [3.63, 3.8) is 0 Å². The molecule has 0 aromatic heterocycles. The second-order valence-corrected chi connectivity index (χ2v) is 5.21. The Morgan fingerprint density at radius 2 is 2.15 bits per heavy atom. The predicted octanol–water partition coefficient (Wildman–Crippen LogP) is 2.60. The molecule has 1 amide bonds. The molecule has 1 aliphatic heterocycles. The Bertz CT molecular complexity index is 530. The van der Waals surface area contributed by atoms with Crippen LogP contribution in [0.15, 0.2) is 18.2 Å². The van der Waals surface area contributed by atoms with Crippen LogP contribution >= 0.6 is 0 Å². The fraction of sp³-hybridized carbons (Fsp3) is 0.467. The molecule has 1 N–H and O–H groups in total. The number of carboxylic acids is 1. The number of likely N-dealkylation sites (tertiary alicyclic amines) is 1. The summed E-state index contributed by atoms with van der Waals surface area (Å²) in [6.07, 6.45) is 2.41. The first kappa shape index (κ1) is 14.5. The number of benzene rings is 1. The summed E-state index contributed by atoms with van der Waals surface area (Å²) in [4.78, 5) is 25.0. The monoisotopic (exact) mass is 279 g/mol. The van der Waals surface area contributed by atoms with Gasteiger partial charge < -0.3 is 10.0 Å². The molecule has 20 heavy (non-hydrogen) atoms. The Kier molecular flexibility index (Phi) is 4.37. The minimum atomic E-state index is -0.911. The summed E-state index contributed by atoms with van der Waals surface area (Å²) < 4.78 is 13.3. The summed E-state index contributed by atoms with van der Waals surface area (Å²) >= 11 is 0. The molecule has 1 fully saturated rings. The zero-order valence-electron chi connectivity index (χ0n) is 11.4. The molecule has 0 bridgehead atoms. The molecule has 0 aliphatic carbocycles. The van der Waals surface area contributed by atoms with Crippen LogP contribution in [0.3, 0.4) is 0 Å². The van der Waals surface area contributed by atoms with E-state index in [0.29, 0.717) is 24.1 Å². The van der Waals surface area contributed by atoms with Crippen molar-refractivity contribution in [3.8, 4) is 0 Å². The van der Waals surface area contributed by atoms with E-state index in [1.165, 1.54) is 12.1 Å². The number of hydrogen-bond donors (Lipinski definition) is 1. The number of rotatable bonds is 3. The first-order valence-corrected chi connectivity index (χ1v) is 6.78. The molecule has 2 rings (SSSR count). The van der Waals surface area contributed by atoms with Crippen LogP contribution in [0, 0.1) is 12.7 Å². The molecular weight excluding hydrogens is 261 g/mol. The van der Waals surface area contributed by atoms with Crippen LogP contribution in [0.25, 0.3) is 0 Å². The van der Waals surface area contributed by atoms with Crippen molar-refractivity contribution in [2.24, 2.45) is 0 Å². The average molecular weight is 279 g/mol. The molecule has 1 unspecified atom stereocenters. The molecular formula is C15H18FNO3. The molecule has 0 radical (unpaired) electrons. The van der Waals surface area contributed by atoms with Gasteiger partial charge in [0, 0.05) is 18.2 Å². The number of carbonyl (C=O) groups is 2. The summed E-state index contributed by atoms with van der Waals surface area (Å²) in [7, 11) is 0. The van der Waals surface area contributed by atoms with Crippen molar-refractivity contribution < 1.29 is 19.1 Å². The van der Waals surface area contributed by atoms with Crippen molar-refractivity contribution in [3.05, 3.63) is 35.1 Å². The number of halogens is 1. The second kappa shape index (κ2) is 6.03. The van der Waals surface area contributed by atoms with E-state index in [-0.39, 0.29) is 18.4 Å². The number of aryl methyl sites for hydroxylation is 1. The highest BCUT2D eigenvalue weighted by molar-refractivity contribution is 5.96. The lowest BCUT2D eigenvalue weighted by Crippen LogP contribution is -2.45. The minimum Gasteiger partial charge on any atom is -0.481 e. The quantitative estimate of drug-likeness (QED) is 0.925. The van der Waals surface area contributed by atoms with Crippen LogP contribution in [-0.2, 0) is 4.79 Å². The van der Waals surface area contributed by atoms with E-state index in [4.69, 9.17) is 5.11 Å². The Morgan fingerprint density at radius 3 is 2.85 bits per heavy atom. The number of amides is 1. The zero-order chi connectivity index (χ0) is 14.7. The van der Waals surface area contributed by atoms with Gasteiger partial charge in [-0.25, -0.2) is 4.39 Å². The van der Waals surface area contributed by atoms with Crippen LogP contribution in [0.5, 0.6) is 0 Å². The minimum absolute atomic E-state index is 0.0555. The summed E-state index contributed by atoms with van der Waals surface area (Å²) in [6.45, 7) is 2.29. The molecule has 0 spiro atoms. The van der Waals surface area contributed by atoms with Gasteiger partial charge in [-0.3, -0.25) is 9.59 Å². The molecule has 108 valence electrons. The van der Waals surface area contributed by atoms with Gasteiger partial charge in [0.2, 0.25) is 0 Å². The maximum atomic E-state index is 13.3. The van der Waals surface area contributed by atoms with Crippen LogP contribution in [0.4, 0.5) is 4.39 Å². The fourth-order valence-electron chi connectivity index (χ4n) is 2.66. The molecule has 5 heteroatoms. The largest absolute Gasteiger partial charge is 0.481 e. The molecule has 1 aliphatic rings. The average Bonchev–Trinajstić information content (AvgIpc) is 2.41.